The minimum atomic E-state index is 0.634. The zero-order valence-electron chi connectivity index (χ0n) is 9.95. The van der Waals surface area contributed by atoms with Crippen molar-refractivity contribution in [3.63, 3.8) is 0 Å². The molecule has 5 heteroatoms. The molecule has 90 valence electrons. The highest BCUT2D eigenvalue weighted by Crippen LogP contribution is 2.25. The zero-order chi connectivity index (χ0) is 11.2. The SMILES string of the molecule is CCC1CCCC(NCc2nn[nH]n2)CC1. The molecule has 1 aromatic heterocycles. The van der Waals surface area contributed by atoms with Crippen molar-refractivity contribution in [2.75, 3.05) is 0 Å². The molecule has 0 saturated heterocycles. The average Bonchev–Trinajstić information content (AvgIpc) is 2.72. The Labute approximate surface area is 96.4 Å². The summed E-state index contributed by atoms with van der Waals surface area (Å²) in [6.07, 6.45) is 8.02. The molecule has 1 aromatic rings. The molecule has 2 rings (SSSR count). The van der Waals surface area contributed by atoms with Gasteiger partial charge in [0, 0.05) is 6.04 Å². The van der Waals surface area contributed by atoms with Crippen LogP contribution < -0.4 is 5.32 Å². The lowest BCUT2D eigenvalue weighted by Gasteiger charge is -2.15. The Morgan fingerprint density at radius 2 is 2.25 bits per heavy atom. The van der Waals surface area contributed by atoms with E-state index in [9.17, 15) is 0 Å². The van der Waals surface area contributed by atoms with E-state index in [4.69, 9.17) is 0 Å². The number of hydrogen-bond donors (Lipinski definition) is 2. The van der Waals surface area contributed by atoms with Crippen molar-refractivity contribution < 1.29 is 0 Å². The van der Waals surface area contributed by atoms with Gasteiger partial charge in [0.2, 0.25) is 0 Å². The van der Waals surface area contributed by atoms with Crippen LogP contribution in [0.5, 0.6) is 0 Å². The van der Waals surface area contributed by atoms with Crippen LogP contribution in [0.2, 0.25) is 0 Å². The van der Waals surface area contributed by atoms with Gasteiger partial charge in [-0.1, -0.05) is 31.4 Å². The van der Waals surface area contributed by atoms with Crippen molar-refractivity contribution in [1.82, 2.24) is 25.9 Å². The Bertz CT molecular complexity index is 285. The molecule has 1 aliphatic rings. The van der Waals surface area contributed by atoms with Crippen LogP contribution in [0.3, 0.4) is 0 Å². The number of H-pyrrole nitrogens is 1. The van der Waals surface area contributed by atoms with E-state index >= 15 is 0 Å². The second kappa shape index (κ2) is 5.94. The largest absolute Gasteiger partial charge is 0.307 e. The van der Waals surface area contributed by atoms with Crippen LogP contribution in [0.4, 0.5) is 0 Å². The third kappa shape index (κ3) is 3.27. The van der Waals surface area contributed by atoms with E-state index in [0.29, 0.717) is 6.04 Å². The first-order valence-electron chi connectivity index (χ1n) is 6.34. The number of hydrogen-bond acceptors (Lipinski definition) is 4. The fourth-order valence-electron chi connectivity index (χ4n) is 2.48. The first kappa shape index (κ1) is 11.5. The van der Waals surface area contributed by atoms with Crippen LogP contribution in [0.1, 0.15) is 51.3 Å². The summed E-state index contributed by atoms with van der Waals surface area (Å²) < 4.78 is 0. The highest BCUT2D eigenvalue weighted by molar-refractivity contribution is 4.79. The second-order valence-corrected chi connectivity index (χ2v) is 4.69. The molecule has 2 unspecified atom stereocenters. The van der Waals surface area contributed by atoms with Crippen LogP contribution in [0, 0.1) is 5.92 Å². The van der Waals surface area contributed by atoms with E-state index in [1.807, 2.05) is 0 Å². The lowest BCUT2D eigenvalue weighted by Crippen LogP contribution is -2.28. The lowest BCUT2D eigenvalue weighted by molar-refractivity contribution is 0.422. The predicted molar refractivity (Wildman–Crippen MR) is 61.7 cm³/mol. The Morgan fingerprint density at radius 1 is 1.31 bits per heavy atom. The Kier molecular flexibility index (Phi) is 4.27. The molecule has 2 atom stereocenters. The van der Waals surface area contributed by atoms with Gasteiger partial charge >= 0.3 is 0 Å². The van der Waals surface area contributed by atoms with Gasteiger partial charge in [-0.2, -0.15) is 5.21 Å². The van der Waals surface area contributed by atoms with Crippen molar-refractivity contribution in [1.29, 1.82) is 0 Å². The smallest absolute Gasteiger partial charge is 0.188 e. The summed E-state index contributed by atoms with van der Waals surface area (Å²) >= 11 is 0. The van der Waals surface area contributed by atoms with Crippen LogP contribution in [0.15, 0.2) is 0 Å². The molecule has 0 radical (unpaired) electrons. The van der Waals surface area contributed by atoms with Crippen molar-refractivity contribution in [3.8, 4) is 0 Å². The zero-order valence-corrected chi connectivity index (χ0v) is 9.95. The fraction of sp³-hybridized carbons (Fsp3) is 0.909. The summed E-state index contributed by atoms with van der Waals surface area (Å²) in [7, 11) is 0. The first-order chi connectivity index (χ1) is 7.88. The molecular weight excluding hydrogens is 202 g/mol. The molecule has 5 nitrogen and oxygen atoms in total. The molecule has 0 spiro atoms. The summed E-state index contributed by atoms with van der Waals surface area (Å²) in [6, 6.07) is 0.634. The van der Waals surface area contributed by atoms with Gasteiger partial charge in [0.25, 0.3) is 0 Å². The number of aromatic amines is 1. The van der Waals surface area contributed by atoms with E-state index in [0.717, 1.165) is 18.3 Å². The van der Waals surface area contributed by atoms with Gasteiger partial charge in [-0.25, -0.2) is 0 Å². The topological polar surface area (TPSA) is 66.5 Å². The van der Waals surface area contributed by atoms with Gasteiger partial charge in [0.15, 0.2) is 5.82 Å². The first-order valence-corrected chi connectivity index (χ1v) is 6.34. The molecule has 1 saturated carbocycles. The average molecular weight is 223 g/mol. The standard InChI is InChI=1S/C11H21N5/c1-2-9-4-3-5-10(7-6-9)12-8-11-13-15-16-14-11/h9-10,12H,2-8H2,1H3,(H,13,14,15,16). The fourth-order valence-corrected chi connectivity index (χ4v) is 2.48. The third-order valence-corrected chi connectivity index (χ3v) is 3.60. The molecule has 1 fully saturated rings. The number of nitrogens with one attached hydrogen (secondary N) is 2. The number of aromatic nitrogens is 4. The molecule has 16 heavy (non-hydrogen) atoms. The summed E-state index contributed by atoms with van der Waals surface area (Å²) in [5.74, 6) is 1.70. The van der Waals surface area contributed by atoms with Crippen LogP contribution >= 0.6 is 0 Å². The summed E-state index contributed by atoms with van der Waals surface area (Å²) in [6.45, 7) is 3.04. The quantitative estimate of drug-likeness (QED) is 0.762. The van der Waals surface area contributed by atoms with Gasteiger partial charge in [0.1, 0.15) is 0 Å². The van der Waals surface area contributed by atoms with Gasteiger partial charge in [0.05, 0.1) is 6.54 Å². The minimum Gasteiger partial charge on any atom is -0.307 e. The van der Waals surface area contributed by atoms with Gasteiger partial charge in [-0.3, -0.25) is 0 Å². The van der Waals surface area contributed by atoms with E-state index in [1.165, 1.54) is 38.5 Å². The van der Waals surface area contributed by atoms with E-state index in [-0.39, 0.29) is 0 Å². The molecule has 2 N–H and O–H groups in total. The molecule has 0 bridgehead atoms. The Hall–Kier alpha value is -0.970. The molecule has 1 heterocycles. The maximum Gasteiger partial charge on any atom is 0.188 e. The highest BCUT2D eigenvalue weighted by Gasteiger charge is 2.17. The van der Waals surface area contributed by atoms with Gasteiger partial charge in [-0.05, 0) is 25.2 Å². The number of nitrogens with zero attached hydrogens (tertiary/aromatic N) is 3. The van der Waals surface area contributed by atoms with E-state index in [1.54, 1.807) is 0 Å². The van der Waals surface area contributed by atoms with Crippen LogP contribution in [-0.4, -0.2) is 26.7 Å². The Morgan fingerprint density at radius 3 is 3.00 bits per heavy atom. The second-order valence-electron chi connectivity index (χ2n) is 4.69. The highest BCUT2D eigenvalue weighted by atomic mass is 15.5. The van der Waals surface area contributed by atoms with Crippen molar-refractivity contribution in [2.45, 2.75) is 58.0 Å². The summed E-state index contributed by atoms with van der Waals surface area (Å²) in [5, 5.41) is 17.4. The number of tetrazole rings is 1. The van der Waals surface area contributed by atoms with E-state index in [2.05, 4.69) is 32.9 Å². The van der Waals surface area contributed by atoms with Gasteiger partial charge in [-0.15, -0.1) is 10.2 Å². The summed E-state index contributed by atoms with van der Waals surface area (Å²) in [5.41, 5.74) is 0. The monoisotopic (exact) mass is 223 g/mol. The minimum absolute atomic E-state index is 0.634. The van der Waals surface area contributed by atoms with Crippen molar-refractivity contribution >= 4 is 0 Å². The maximum atomic E-state index is 3.95. The predicted octanol–water partition coefficient (Wildman–Crippen LogP) is 1.65. The maximum absolute atomic E-state index is 3.95. The van der Waals surface area contributed by atoms with Crippen LogP contribution in [0.25, 0.3) is 0 Å². The molecule has 0 aliphatic heterocycles. The van der Waals surface area contributed by atoms with Crippen LogP contribution in [-0.2, 0) is 6.54 Å². The Balaban J connectivity index is 1.73. The third-order valence-electron chi connectivity index (χ3n) is 3.60. The summed E-state index contributed by atoms with van der Waals surface area (Å²) in [4.78, 5) is 0. The lowest BCUT2D eigenvalue weighted by atomic mass is 9.98. The van der Waals surface area contributed by atoms with Crippen molar-refractivity contribution in [3.05, 3.63) is 5.82 Å². The number of rotatable bonds is 4. The van der Waals surface area contributed by atoms with Crippen molar-refractivity contribution in [2.24, 2.45) is 5.92 Å². The van der Waals surface area contributed by atoms with Gasteiger partial charge < -0.3 is 5.32 Å². The molecule has 0 amide bonds. The normalized spacial score (nSPS) is 26.6. The molecular formula is C11H21N5. The molecule has 0 aromatic carbocycles. The van der Waals surface area contributed by atoms with E-state index < -0.39 is 0 Å². The molecule has 1 aliphatic carbocycles.